The second-order valence-corrected chi connectivity index (χ2v) is 6.34. The third kappa shape index (κ3) is 3.81. The Hall–Kier alpha value is -0.910. The van der Waals surface area contributed by atoms with Crippen molar-refractivity contribution in [2.24, 2.45) is 0 Å². The first-order chi connectivity index (χ1) is 9.63. The minimum Gasteiger partial charge on any atom is -0.497 e. The van der Waals surface area contributed by atoms with E-state index in [9.17, 15) is 4.39 Å². The van der Waals surface area contributed by atoms with Crippen LogP contribution in [0.2, 0.25) is 0 Å². The molecule has 0 saturated heterocycles. The predicted octanol–water partition coefficient (Wildman–Crippen LogP) is 4.55. The van der Waals surface area contributed by atoms with E-state index in [1.165, 1.54) is 10.9 Å². The van der Waals surface area contributed by atoms with E-state index < -0.39 is 0 Å². The first-order valence-electron chi connectivity index (χ1n) is 6.43. The molecule has 0 saturated carbocycles. The molecule has 0 bridgehead atoms. The van der Waals surface area contributed by atoms with Gasteiger partial charge in [-0.1, -0.05) is 13.0 Å². The monoisotopic (exact) mass is 357 g/mol. The molecule has 2 aromatic rings. The molecule has 20 heavy (non-hydrogen) atoms. The Morgan fingerprint density at radius 1 is 1.40 bits per heavy atom. The Bertz CT molecular complexity index is 573. The van der Waals surface area contributed by atoms with Crippen molar-refractivity contribution in [1.82, 2.24) is 5.32 Å². The fourth-order valence-corrected chi connectivity index (χ4v) is 3.62. The van der Waals surface area contributed by atoms with Crippen molar-refractivity contribution in [2.45, 2.75) is 19.4 Å². The van der Waals surface area contributed by atoms with Gasteiger partial charge in [0, 0.05) is 38.8 Å². The van der Waals surface area contributed by atoms with E-state index in [1.54, 1.807) is 30.6 Å². The van der Waals surface area contributed by atoms with E-state index in [-0.39, 0.29) is 11.9 Å². The Morgan fingerprint density at radius 2 is 2.20 bits per heavy atom. The highest BCUT2D eigenvalue weighted by atomic mass is 79.9. The second kappa shape index (κ2) is 7.20. The van der Waals surface area contributed by atoms with Crippen LogP contribution in [-0.2, 0) is 6.42 Å². The smallest absolute Gasteiger partial charge is 0.131 e. The molecule has 0 fully saturated rings. The number of ether oxygens (including phenoxy) is 1. The minimum atomic E-state index is -0.231. The average molecular weight is 358 g/mol. The fraction of sp³-hybridized carbons (Fsp3) is 0.333. The normalized spacial score (nSPS) is 12.4. The first kappa shape index (κ1) is 15.5. The molecule has 2 nitrogen and oxygen atoms in total. The third-order valence-corrected chi connectivity index (χ3v) is 4.78. The SMILES string of the molecule is CCNC(Cc1cc(Br)cs1)c1ccc(OC)cc1F. The van der Waals surface area contributed by atoms with Crippen molar-refractivity contribution < 1.29 is 9.13 Å². The lowest BCUT2D eigenvalue weighted by atomic mass is 10.0. The third-order valence-electron chi connectivity index (χ3n) is 3.06. The summed E-state index contributed by atoms with van der Waals surface area (Å²) < 4.78 is 20.3. The molecule has 0 amide bonds. The molecule has 0 spiro atoms. The number of thiophene rings is 1. The minimum absolute atomic E-state index is 0.0311. The molecule has 1 heterocycles. The Labute approximate surface area is 131 Å². The topological polar surface area (TPSA) is 21.3 Å². The quantitative estimate of drug-likeness (QED) is 0.818. The first-order valence-corrected chi connectivity index (χ1v) is 8.11. The Morgan fingerprint density at radius 3 is 2.75 bits per heavy atom. The van der Waals surface area contributed by atoms with Gasteiger partial charge in [0.2, 0.25) is 0 Å². The molecule has 1 aromatic heterocycles. The predicted molar refractivity (Wildman–Crippen MR) is 85.1 cm³/mol. The lowest BCUT2D eigenvalue weighted by Gasteiger charge is -2.18. The van der Waals surface area contributed by atoms with Gasteiger partial charge in [-0.15, -0.1) is 11.3 Å². The van der Waals surface area contributed by atoms with Crippen molar-refractivity contribution in [1.29, 1.82) is 0 Å². The summed E-state index contributed by atoms with van der Waals surface area (Å²) in [7, 11) is 1.54. The second-order valence-electron chi connectivity index (χ2n) is 4.43. The van der Waals surface area contributed by atoms with E-state index in [1.807, 2.05) is 12.3 Å². The molecule has 1 atom stereocenters. The van der Waals surface area contributed by atoms with Crippen molar-refractivity contribution >= 4 is 27.3 Å². The molecular weight excluding hydrogens is 341 g/mol. The number of nitrogens with one attached hydrogen (secondary N) is 1. The van der Waals surface area contributed by atoms with Crippen LogP contribution in [-0.4, -0.2) is 13.7 Å². The van der Waals surface area contributed by atoms with Crippen LogP contribution in [0.1, 0.15) is 23.4 Å². The van der Waals surface area contributed by atoms with Crippen LogP contribution in [0.15, 0.2) is 34.1 Å². The van der Waals surface area contributed by atoms with Crippen LogP contribution in [0.25, 0.3) is 0 Å². The van der Waals surface area contributed by atoms with Crippen LogP contribution >= 0.6 is 27.3 Å². The maximum Gasteiger partial charge on any atom is 0.131 e. The maximum absolute atomic E-state index is 14.2. The highest BCUT2D eigenvalue weighted by Gasteiger charge is 2.17. The number of rotatable bonds is 6. The zero-order chi connectivity index (χ0) is 14.5. The zero-order valence-corrected chi connectivity index (χ0v) is 13.9. The van der Waals surface area contributed by atoms with E-state index in [0.717, 1.165) is 17.4 Å². The van der Waals surface area contributed by atoms with Gasteiger partial charge in [-0.2, -0.15) is 0 Å². The summed E-state index contributed by atoms with van der Waals surface area (Å²) >= 11 is 5.13. The summed E-state index contributed by atoms with van der Waals surface area (Å²) in [5, 5.41) is 5.39. The van der Waals surface area contributed by atoms with Gasteiger partial charge in [0.1, 0.15) is 11.6 Å². The molecule has 1 unspecified atom stereocenters. The lowest BCUT2D eigenvalue weighted by molar-refractivity contribution is 0.409. The fourth-order valence-electron chi connectivity index (χ4n) is 2.12. The Kier molecular flexibility index (Phi) is 5.57. The summed E-state index contributed by atoms with van der Waals surface area (Å²) in [6.07, 6.45) is 0.771. The molecule has 0 aliphatic carbocycles. The molecule has 1 aromatic carbocycles. The van der Waals surface area contributed by atoms with Crippen molar-refractivity contribution in [3.8, 4) is 5.75 Å². The zero-order valence-electron chi connectivity index (χ0n) is 11.5. The number of likely N-dealkylation sites (N-methyl/N-ethyl adjacent to an activating group) is 1. The van der Waals surface area contributed by atoms with Gasteiger partial charge in [-0.25, -0.2) is 4.39 Å². The van der Waals surface area contributed by atoms with Crippen molar-refractivity contribution in [2.75, 3.05) is 13.7 Å². The molecule has 0 aliphatic rings. The average Bonchev–Trinajstić information content (AvgIpc) is 2.83. The van der Waals surface area contributed by atoms with Gasteiger partial charge in [0.25, 0.3) is 0 Å². The number of hydrogen-bond donors (Lipinski definition) is 1. The van der Waals surface area contributed by atoms with Gasteiger partial charge in [-0.05, 0) is 34.6 Å². The van der Waals surface area contributed by atoms with Gasteiger partial charge in [0.15, 0.2) is 0 Å². The highest BCUT2D eigenvalue weighted by molar-refractivity contribution is 9.10. The number of methoxy groups -OCH3 is 1. The molecule has 0 radical (unpaired) electrons. The summed E-state index contributed by atoms with van der Waals surface area (Å²) in [6, 6.07) is 7.08. The van der Waals surface area contributed by atoms with Gasteiger partial charge >= 0.3 is 0 Å². The van der Waals surface area contributed by atoms with Gasteiger partial charge < -0.3 is 10.1 Å². The standard InChI is InChI=1S/C15H17BrFNOS/c1-3-18-15(8-12-6-10(16)9-20-12)13-5-4-11(19-2)7-14(13)17/h4-7,9,15,18H,3,8H2,1-2H3. The van der Waals surface area contributed by atoms with Crippen LogP contribution in [0.4, 0.5) is 4.39 Å². The molecule has 2 rings (SSSR count). The van der Waals surface area contributed by atoms with Crippen LogP contribution in [0, 0.1) is 5.82 Å². The van der Waals surface area contributed by atoms with E-state index >= 15 is 0 Å². The van der Waals surface area contributed by atoms with Crippen molar-refractivity contribution in [3.63, 3.8) is 0 Å². The van der Waals surface area contributed by atoms with E-state index in [2.05, 4.69) is 27.3 Å². The van der Waals surface area contributed by atoms with E-state index in [4.69, 9.17) is 4.74 Å². The Balaban J connectivity index is 2.23. The van der Waals surface area contributed by atoms with Crippen LogP contribution in [0.3, 0.4) is 0 Å². The lowest BCUT2D eigenvalue weighted by Crippen LogP contribution is -2.23. The van der Waals surface area contributed by atoms with Crippen LogP contribution in [0.5, 0.6) is 5.75 Å². The summed E-state index contributed by atoms with van der Waals surface area (Å²) in [4.78, 5) is 1.22. The summed E-state index contributed by atoms with van der Waals surface area (Å²) in [6.45, 7) is 2.82. The maximum atomic E-state index is 14.2. The number of halogens is 2. The van der Waals surface area contributed by atoms with Crippen molar-refractivity contribution in [3.05, 3.63) is 50.4 Å². The van der Waals surface area contributed by atoms with Gasteiger partial charge in [0.05, 0.1) is 7.11 Å². The highest BCUT2D eigenvalue weighted by Crippen LogP contribution is 2.28. The number of hydrogen-bond acceptors (Lipinski definition) is 3. The molecule has 0 aliphatic heterocycles. The summed E-state index contributed by atoms with van der Waals surface area (Å²) in [5.74, 6) is 0.311. The van der Waals surface area contributed by atoms with Gasteiger partial charge in [-0.3, -0.25) is 0 Å². The molecule has 5 heteroatoms. The summed E-state index contributed by atoms with van der Waals surface area (Å²) in [5.41, 5.74) is 0.678. The largest absolute Gasteiger partial charge is 0.497 e. The number of benzene rings is 1. The molecule has 1 N–H and O–H groups in total. The molecule has 108 valence electrons. The van der Waals surface area contributed by atoms with E-state index in [0.29, 0.717) is 11.3 Å². The van der Waals surface area contributed by atoms with Crippen LogP contribution < -0.4 is 10.1 Å². The molecular formula is C15H17BrFNOS.